The molecular formula is C14H19NO3. The predicted octanol–water partition coefficient (Wildman–Crippen LogP) is 1.63. The lowest BCUT2D eigenvalue weighted by atomic mass is 9.75. The molecule has 0 aromatic heterocycles. The Hall–Kier alpha value is -1.39. The maximum atomic E-state index is 11.6. The van der Waals surface area contributed by atoms with Crippen LogP contribution in [-0.2, 0) is 20.9 Å². The number of nitrogens with two attached hydrogens (primary N) is 1. The van der Waals surface area contributed by atoms with Crippen molar-refractivity contribution in [3.05, 3.63) is 35.9 Å². The van der Waals surface area contributed by atoms with Gasteiger partial charge in [0.05, 0.1) is 19.3 Å². The second kappa shape index (κ2) is 5.50. The highest BCUT2D eigenvalue weighted by Crippen LogP contribution is 2.34. The smallest absolute Gasteiger partial charge is 0.326 e. The van der Waals surface area contributed by atoms with Crippen molar-refractivity contribution in [2.45, 2.75) is 38.0 Å². The standard InChI is InChI=1S/C14H19NO3/c1-2-17-13(16)14(15)8-12(9-14)18-10-11-6-4-3-5-7-11/h3-7,12H,2,8-10,15H2,1H3/t12-,14+. The van der Waals surface area contributed by atoms with E-state index in [4.69, 9.17) is 15.2 Å². The largest absolute Gasteiger partial charge is 0.465 e. The lowest BCUT2D eigenvalue weighted by molar-refractivity contribution is -0.161. The first kappa shape index (κ1) is 13.1. The Labute approximate surface area is 107 Å². The summed E-state index contributed by atoms with van der Waals surface area (Å²) in [6.45, 7) is 2.71. The zero-order valence-corrected chi connectivity index (χ0v) is 10.6. The lowest BCUT2D eigenvalue weighted by Gasteiger charge is -2.42. The third-order valence-electron chi connectivity index (χ3n) is 3.19. The number of rotatable bonds is 5. The Balaban J connectivity index is 1.75. The first-order valence-corrected chi connectivity index (χ1v) is 6.25. The van der Waals surface area contributed by atoms with Crippen molar-refractivity contribution in [1.82, 2.24) is 0 Å². The van der Waals surface area contributed by atoms with Gasteiger partial charge in [-0.05, 0) is 12.5 Å². The SMILES string of the molecule is CCOC(=O)[C@]1(N)C[C@@H](OCc2ccccc2)C1. The Morgan fingerprint density at radius 1 is 1.39 bits per heavy atom. The number of hydrogen-bond acceptors (Lipinski definition) is 4. The van der Waals surface area contributed by atoms with Gasteiger partial charge in [-0.15, -0.1) is 0 Å². The van der Waals surface area contributed by atoms with Crippen LogP contribution in [0.4, 0.5) is 0 Å². The van der Waals surface area contributed by atoms with E-state index >= 15 is 0 Å². The van der Waals surface area contributed by atoms with Crippen molar-refractivity contribution in [2.24, 2.45) is 5.73 Å². The van der Waals surface area contributed by atoms with E-state index in [0.29, 0.717) is 26.1 Å². The lowest BCUT2D eigenvalue weighted by Crippen LogP contribution is -2.61. The monoisotopic (exact) mass is 249 g/mol. The minimum absolute atomic E-state index is 0.0552. The van der Waals surface area contributed by atoms with Gasteiger partial charge >= 0.3 is 5.97 Å². The molecular weight excluding hydrogens is 230 g/mol. The van der Waals surface area contributed by atoms with Crippen molar-refractivity contribution >= 4 is 5.97 Å². The fraction of sp³-hybridized carbons (Fsp3) is 0.500. The molecule has 1 aromatic rings. The fourth-order valence-corrected chi connectivity index (χ4v) is 2.10. The molecule has 2 N–H and O–H groups in total. The van der Waals surface area contributed by atoms with E-state index in [1.165, 1.54) is 0 Å². The van der Waals surface area contributed by atoms with Crippen LogP contribution in [0.5, 0.6) is 0 Å². The zero-order chi connectivity index (χ0) is 13.0. The van der Waals surface area contributed by atoms with Crippen molar-refractivity contribution < 1.29 is 14.3 Å². The molecule has 4 nitrogen and oxygen atoms in total. The molecule has 0 atom stereocenters. The van der Waals surface area contributed by atoms with E-state index in [0.717, 1.165) is 5.56 Å². The van der Waals surface area contributed by atoms with Crippen molar-refractivity contribution in [3.8, 4) is 0 Å². The molecule has 4 heteroatoms. The van der Waals surface area contributed by atoms with E-state index in [2.05, 4.69) is 0 Å². The maximum Gasteiger partial charge on any atom is 0.326 e. The molecule has 0 amide bonds. The summed E-state index contributed by atoms with van der Waals surface area (Å²) in [6.07, 6.45) is 1.14. The molecule has 0 heterocycles. The molecule has 1 aliphatic rings. The van der Waals surface area contributed by atoms with Gasteiger partial charge in [0.15, 0.2) is 0 Å². The van der Waals surface area contributed by atoms with E-state index in [-0.39, 0.29) is 12.1 Å². The average Bonchev–Trinajstić information content (AvgIpc) is 2.34. The van der Waals surface area contributed by atoms with E-state index in [9.17, 15) is 4.79 Å². The van der Waals surface area contributed by atoms with Crippen molar-refractivity contribution in [2.75, 3.05) is 6.61 Å². The van der Waals surface area contributed by atoms with Crippen LogP contribution in [0.15, 0.2) is 30.3 Å². The third-order valence-corrected chi connectivity index (χ3v) is 3.19. The average molecular weight is 249 g/mol. The summed E-state index contributed by atoms with van der Waals surface area (Å²) in [5, 5.41) is 0. The highest BCUT2D eigenvalue weighted by atomic mass is 16.5. The Morgan fingerprint density at radius 2 is 2.06 bits per heavy atom. The van der Waals surface area contributed by atoms with E-state index in [1.807, 2.05) is 30.3 Å². The highest BCUT2D eigenvalue weighted by molar-refractivity contribution is 5.82. The summed E-state index contributed by atoms with van der Waals surface area (Å²) in [7, 11) is 0. The van der Waals surface area contributed by atoms with Crippen LogP contribution in [0, 0.1) is 0 Å². The van der Waals surface area contributed by atoms with Crippen LogP contribution >= 0.6 is 0 Å². The molecule has 0 aliphatic heterocycles. The van der Waals surface area contributed by atoms with Crippen LogP contribution in [0.1, 0.15) is 25.3 Å². The molecule has 98 valence electrons. The summed E-state index contributed by atoms with van der Waals surface area (Å²) in [6, 6.07) is 9.95. The number of carbonyl (C=O) groups is 1. The van der Waals surface area contributed by atoms with E-state index in [1.54, 1.807) is 6.92 Å². The van der Waals surface area contributed by atoms with Crippen LogP contribution in [0.3, 0.4) is 0 Å². The molecule has 1 saturated carbocycles. The molecule has 0 radical (unpaired) electrons. The van der Waals surface area contributed by atoms with Gasteiger partial charge in [0.1, 0.15) is 5.54 Å². The molecule has 1 fully saturated rings. The molecule has 0 saturated heterocycles. The number of hydrogen-bond donors (Lipinski definition) is 1. The van der Waals surface area contributed by atoms with Crippen molar-refractivity contribution in [3.63, 3.8) is 0 Å². The second-order valence-corrected chi connectivity index (χ2v) is 4.70. The molecule has 0 spiro atoms. The van der Waals surface area contributed by atoms with E-state index < -0.39 is 5.54 Å². The topological polar surface area (TPSA) is 61.5 Å². The summed E-state index contributed by atoms with van der Waals surface area (Å²) in [4.78, 5) is 11.6. The van der Waals surface area contributed by atoms with Gasteiger partial charge in [0.25, 0.3) is 0 Å². The molecule has 18 heavy (non-hydrogen) atoms. The second-order valence-electron chi connectivity index (χ2n) is 4.70. The van der Waals surface area contributed by atoms with Crippen LogP contribution in [-0.4, -0.2) is 24.2 Å². The zero-order valence-electron chi connectivity index (χ0n) is 10.6. The minimum atomic E-state index is -0.836. The van der Waals surface area contributed by atoms with Gasteiger partial charge in [-0.3, -0.25) is 4.79 Å². The molecule has 1 aliphatic carbocycles. The number of benzene rings is 1. The van der Waals surface area contributed by atoms with Gasteiger partial charge in [-0.1, -0.05) is 30.3 Å². The molecule has 2 rings (SSSR count). The van der Waals surface area contributed by atoms with Crippen LogP contribution < -0.4 is 5.73 Å². The van der Waals surface area contributed by atoms with Gasteiger partial charge in [-0.25, -0.2) is 0 Å². The van der Waals surface area contributed by atoms with Crippen molar-refractivity contribution in [1.29, 1.82) is 0 Å². The predicted molar refractivity (Wildman–Crippen MR) is 67.8 cm³/mol. The van der Waals surface area contributed by atoms with Crippen LogP contribution in [0.25, 0.3) is 0 Å². The summed E-state index contributed by atoms with van der Waals surface area (Å²) in [5.41, 5.74) is 6.23. The number of esters is 1. The van der Waals surface area contributed by atoms with Gasteiger partial charge < -0.3 is 15.2 Å². The number of carbonyl (C=O) groups excluding carboxylic acids is 1. The van der Waals surface area contributed by atoms with Crippen LogP contribution in [0.2, 0.25) is 0 Å². The highest BCUT2D eigenvalue weighted by Gasteiger charge is 2.48. The Morgan fingerprint density at radius 3 is 2.67 bits per heavy atom. The minimum Gasteiger partial charge on any atom is -0.465 e. The third kappa shape index (κ3) is 2.89. The molecule has 0 bridgehead atoms. The van der Waals surface area contributed by atoms with Gasteiger partial charge in [0, 0.05) is 12.8 Å². The van der Waals surface area contributed by atoms with Gasteiger partial charge in [0.2, 0.25) is 0 Å². The normalized spacial score (nSPS) is 26.4. The molecule has 1 aromatic carbocycles. The first-order chi connectivity index (χ1) is 8.64. The van der Waals surface area contributed by atoms with Gasteiger partial charge in [-0.2, -0.15) is 0 Å². The number of ether oxygens (including phenoxy) is 2. The quantitative estimate of drug-likeness (QED) is 0.806. The molecule has 0 unspecified atom stereocenters. The first-order valence-electron chi connectivity index (χ1n) is 6.25. The maximum absolute atomic E-state index is 11.6. The summed E-state index contributed by atoms with van der Waals surface area (Å²) >= 11 is 0. The fourth-order valence-electron chi connectivity index (χ4n) is 2.10. The summed E-state index contributed by atoms with van der Waals surface area (Å²) in [5.74, 6) is -0.315. The Bertz CT molecular complexity index is 399. The summed E-state index contributed by atoms with van der Waals surface area (Å²) < 4.78 is 10.6. The Kier molecular flexibility index (Phi) is 3.99.